The van der Waals surface area contributed by atoms with Crippen molar-refractivity contribution in [3.63, 3.8) is 0 Å². The van der Waals surface area contributed by atoms with Crippen LogP contribution in [-0.4, -0.2) is 44.1 Å². The molecule has 1 aromatic heterocycles. The summed E-state index contributed by atoms with van der Waals surface area (Å²) >= 11 is 0. The third kappa shape index (κ3) is 3.89. The number of hydrogen-bond donors (Lipinski definition) is 0. The van der Waals surface area contributed by atoms with Crippen molar-refractivity contribution >= 4 is 17.7 Å². The van der Waals surface area contributed by atoms with E-state index >= 15 is 0 Å². The summed E-state index contributed by atoms with van der Waals surface area (Å²) in [6, 6.07) is 13.4. The van der Waals surface area contributed by atoms with E-state index in [0.29, 0.717) is 18.8 Å². The Hall–Kier alpha value is -3.20. The van der Waals surface area contributed by atoms with Gasteiger partial charge >= 0.3 is 0 Å². The highest BCUT2D eigenvalue weighted by Crippen LogP contribution is 2.21. The van der Waals surface area contributed by atoms with E-state index in [4.69, 9.17) is 9.15 Å². The molecule has 0 radical (unpaired) electrons. The fourth-order valence-electron chi connectivity index (χ4n) is 2.95. The molecule has 6 heteroatoms. The largest absolute Gasteiger partial charge is 0.497 e. The SMILES string of the molecule is COc1ccc(N2CCN(C(=O)/C(C#N)=C/c3ccc(C)o3)CC2)cc1. The average molecular weight is 351 g/mol. The highest BCUT2D eigenvalue weighted by atomic mass is 16.5. The van der Waals surface area contributed by atoms with Gasteiger partial charge in [-0.3, -0.25) is 4.79 Å². The lowest BCUT2D eigenvalue weighted by Crippen LogP contribution is -2.49. The molecule has 0 unspecified atom stereocenters. The number of amides is 1. The molecular weight excluding hydrogens is 330 g/mol. The van der Waals surface area contributed by atoms with Crippen LogP contribution in [0.3, 0.4) is 0 Å². The van der Waals surface area contributed by atoms with Gasteiger partial charge in [-0.15, -0.1) is 0 Å². The van der Waals surface area contributed by atoms with Crippen molar-refractivity contribution in [1.82, 2.24) is 4.90 Å². The highest BCUT2D eigenvalue weighted by Gasteiger charge is 2.24. The second-order valence-electron chi connectivity index (χ2n) is 6.10. The van der Waals surface area contributed by atoms with Crippen molar-refractivity contribution in [1.29, 1.82) is 5.26 Å². The van der Waals surface area contributed by atoms with E-state index in [2.05, 4.69) is 4.90 Å². The molecule has 1 amide bonds. The van der Waals surface area contributed by atoms with E-state index in [-0.39, 0.29) is 11.5 Å². The minimum atomic E-state index is -0.254. The zero-order chi connectivity index (χ0) is 18.5. The summed E-state index contributed by atoms with van der Waals surface area (Å²) in [5.41, 5.74) is 1.19. The molecule has 1 aromatic carbocycles. The van der Waals surface area contributed by atoms with Crippen LogP contribution in [0, 0.1) is 18.3 Å². The van der Waals surface area contributed by atoms with Crippen LogP contribution in [-0.2, 0) is 4.79 Å². The number of methoxy groups -OCH3 is 1. The fraction of sp³-hybridized carbons (Fsp3) is 0.300. The smallest absolute Gasteiger partial charge is 0.264 e. The standard InChI is InChI=1S/C20H21N3O3/c1-15-3-6-19(26-15)13-16(14-21)20(24)23-11-9-22(10-12-23)17-4-7-18(25-2)8-5-17/h3-8,13H,9-12H2,1-2H3/b16-13+. The Balaban J connectivity index is 1.63. The first-order valence-electron chi connectivity index (χ1n) is 8.47. The molecule has 1 saturated heterocycles. The van der Waals surface area contributed by atoms with Crippen LogP contribution in [0.15, 0.2) is 46.4 Å². The van der Waals surface area contributed by atoms with Gasteiger partial charge in [-0.05, 0) is 43.3 Å². The van der Waals surface area contributed by atoms with Crippen LogP contribution in [0.2, 0.25) is 0 Å². The first kappa shape index (κ1) is 17.6. The third-order valence-corrected chi connectivity index (χ3v) is 4.40. The molecule has 1 aliphatic rings. The van der Waals surface area contributed by atoms with E-state index in [1.54, 1.807) is 24.1 Å². The fourth-order valence-corrected chi connectivity index (χ4v) is 2.95. The predicted octanol–water partition coefficient (Wildman–Crippen LogP) is 2.85. The van der Waals surface area contributed by atoms with Gasteiger partial charge in [0.1, 0.15) is 28.9 Å². The van der Waals surface area contributed by atoms with Gasteiger partial charge in [-0.2, -0.15) is 5.26 Å². The molecule has 0 aliphatic carbocycles. The normalized spacial score (nSPS) is 14.9. The molecule has 0 bridgehead atoms. The van der Waals surface area contributed by atoms with Crippen LogP contribution in [0.1, 0.15) is 11.5 Å². The molecule has 1 aliphatic heterocycles. The Morgan fingerprint density at radius 2 is 1.85 bits per heavy atom. The minimum Gasteiger partial charge on any atom is -0.497 e. The van der Waals surface area contributed by atoms with Crippen molar-refractivity contribution in [3.8, 4) is 11.8 Å². The third-order valence-electron chi connectivity index (χ3n) is 4.40. The van der Waals surface area contributed by atoms with Crippen molar-refractivity contribution in [3.05, 3.63) is 53.5 Å². The van der Waals surface area contributed by atoms with Gasteiger partial charge < -0.3 is 19.0 Å². The van der Waals surface area contributed by atoms with Crippen LogP contribution >= 0.6 is 0 Å². The molecule has 0 N–H and O–H groups in total. The van der Waals surface area contributed by atoms with Gasteiger partial charge in [0.15, 0.2) is 0 Å². The Morgan fingerprint density at radius 3 is 2.38 bits per heavy atom. The maximum absolute atomic E-state index is 12.6. The summed E-state index contributed by atoms with van der Waals surface area (Å²) in [4.78, 5) is 16.6. The summed E-state index contributed by atoms with van der Waals surface area (Å²) < 4.78 is 10.6. The molecule has 1 fully saturated rings. The number of carbonyl (C=O) groups is 1. The summed E-state index contributed by atoms with van der Waals surface area (Å²) in [6.07, 6.45) is 1.51. The van der Waals surface area contributed by atoms with Crippen LogP contribution in [0.5, 0.6) is 5.75 Å². The van der Waals surface area contributed by atoms with E-state index in [0.717, 1.165) is 30.3 Å². The van der Waals surface area contributed by atoms with E-state index < -0.39 is 0 Å². The molecule has 0 spiro atoms. The highest BCUT2D eigenvalue weighted by molar-refractivity contribution is 6.01. The van der Waals surface area contributed by atoms with Crippen LogP contribution < -0.4 is 9.64 Å². The van der Waals surface area contributed by atoms with Crippen molar-refractivity contribution in [2.45, 2.75) is 6.92 Å². The molecule has 2 aromatic rings. The molecule has 2 heterocycles. The number of carbonyl (C=O) groups excluding carboxylic acids is 1. The number of rotatable bonds is 4. The Kier molecular flexibility index (Phi) is 5.28. The zero-order valence-electron chi connectivity index (χ0n) is 14.9. The number of hydrogen-bond acceptors (Lipinski definition) is 5. The lowest BCUT2D eigenvalue weighted by Gasteiger charge is -2.36. The molecule has 26 heavy (non-hydrogen) atoms. The van der Waals surface area contributed by atoms with E-state index in [1.807, 2.05) is 37.3 Å². The topological polar surface area (TPSA) is 69.7 Å². The molecule has 134 valence electrons. The Morgan fingerprint density at radius 1 is 1.15 bits per heavy atom. The first-order valence-corrected chi connectivity index (χ1v) is 8.47. The number of ether oxygens (including phenoxy) is 1. The average Bonchev–Trinajstić information content (AvgIpc) is 3.10. The Bertz CT molecular complexity index is 838. The summed E-state index contributed by atoms with van der Waals surface area (Å²) in [5.74, 6) is 1.83. The van der Waals surface area contributed by atoms with Gasteiger partial charge in [0.2, 0.25) is 0 Å². The van der Waals surface area contributed by atoms with Crippen molar-refractivity contribution in [2.75, 3.05) is 38.2 Å². The van der Waals surface area contributed by atoms with Gasteiger partial charge in [-0.1, -0.05) is 0 Å². The maximum Gasteiger partial charge on any atom is 0.264 e. The van der Waals surface area contributed by atoms with E-state index in [9.17, 15) is 10.1 Å². The quantitative estimate of drug-likeness (QED) is 0.626. The van der Waals surface area contributed by atoms with Gasteiger partial charge in [0.05, 0.1) is 7.11 Å². The minimum absolute atomic E-state index is 0.0947. The van der Waals surface area contributed by atoms with E-state index in [1.165, 1.54) is 6.08 Å². The molecule has 0 atom stereocenters. The van der Waals surface area contributed by atoms with Gasteiger partial charge in [0.25, 0.3) is 5.91 Å². The Labute approximate surface area is 152 Å². The number of piperazine rings is 1. The lowest BCUT2D eigenvalue weighted by atomic mass is 10.2. The molecule has 0 saturated carbocycles. The maximum atomic E-state index is 12.6. The van der Waals surface area contributed by atoms with Gasteiger partial charge in [0, 0.05) is 37.9 Å². The lowest BCUT2D eigenvalue weighted by molar-refractivity contribution is -0.126. The molecule has 6 nitrogen and oxygen atoms in total. The summed E-state index contributed by atoms with van der Waals surface area (Å²) in [5, 5.41) is 9.34. The monoisotopic (exact) mass is 351 g/mol. The number of nitrogens with zero attached hydrogens (tertiary/aromatic N) is 3. The van der Waals surface area contributed by atoms with Crippen LogP contribution in [0.4, 0.5) is 5.69 Å². The second-order valence-corrected chi connectivity index (χ2v) is 6.10. The number of furan rings is 1. The number of anilines is 1. The second kappa shape index (κ2) is 7.79. The number of benzene rings is 1. The van der Waals surface area contributed by atoms with Crippen LogP contribution in [0.25, 0.3) is 6.08 Å². The molecular formula is C20H21N3O3. The predicted molar refractivity (Wildman–Crippen MR) is 98.8 cm³/mol. The van der Waals surface area contributed by atoms with Crippen molar-refractivity contribution in [2.24, 2.45) is 0 Å². The number of aryl methyl sites for hydroxylation is 1. The van der Waals surface area contributed by atoms with Gasteiger partial charge in [-0.25, -0.2) is 0 Å². The zero-order valence-corrected chi connectivity index (χ0v) is 14.9. The first-order chi connectivity index (χ1) is 12.6. The number of nitriles is 1. The molecule has 3 rings (SSSR count). The van der Waals surface area contributed by atoms with Crippen molar-refractivity contribution < 1.29 is 13.9 Å². The summed E-state index contributed by atoms with van der Waals surface area (Å²) in [7, 11) is 1.64. The summed E-state index contributed by atoms with van der Waals surface area (Å²) in [6.45, 7) is 4.40.